The fourth-order valence-electron chi connectivity index (χ4n) is 2.90. The largest absolute Gasteiger partial charge is 0.511 e. The number of hydrogen-bond acceptors (Lipinski definition) is 4. The second-order valence-corrected chi connectivity index (χ2v) is 8.16. The van der Waals surface area contributed by atoms with E-state index >= 15 is 0 Å². The zero-order valence-corrected chi connectivity index (χ0v) is 19.3. The van der Waals surface area contributed by atoms with Crippen molar-refractivity contribution in [3.8, 4) is 5.75 Å². The van der Waals surface area contributed by atoms with Gasteiger partial charge in [-0.2, -0.15) is 17.5 Å². The van der Waals surface area contributed by atoms with Crippen LogP contribution in [-0.2, 0) is 16.6 Å². The summed E-state index contributed by atoms with van der Waals surface area (Å²) < 4.78 is 66.9. The molecule has 1 heterocycles. The maximum atomic E-state index is 12.6. The molecule has 7 nitrogen and oxygen atoms in total. The Morgan fingerprint density at radius 1 is 1.28 bits per heavy atom. The number of ether oxygens (including phenoxy) is 1. The van der Waals surface area contributed by atoms with Crippen molar-refractivity contribution in [1.29, 1.82) is 0 Å². The molecule has 0 unspecified atom stereocenters. The van der Waals surface area contributed by atoms with Crippen LogP contribution in [0, 0.1) is 0 Å². The Labute approximate surface area is 186 Å². The SMILES string of the molecule is CCOc1ccccc1CNC(=NC)NC1CCN(S(=O)(=O)C(F)(F)F)CC1.I. The molecule has 1 aromatic carbocycles. The lowest BCUT2D eigenvalue weighted by Gasteiger charge is -2.32. The summed E-state index contributed by atoms with van der Waals surface area (Å²) in [6.45, 7) is 2.52. The third-order valence-electron chi connectivity index (χ3n) is 4.37. The zero-order valence-electron chi connectivity index (χ0n) is 16.2. The standard InChI is InChI=1S/C17H25F3N4O3S.HI/c1-3-27-15-7-5-4-6-13(15)12-22-16(21-2)23-14-8-10-24(11-9-14)28(25,26)17(18,19)20;/h4-7,14H,3,8-12H2,1-2H3,(H2,21,22,23);1H. The van der Waals surface area contributed by atoms with Crippen LogP contribution < -0.4 is 15.4 Å². The minimum Gasteiger partial charge on any atom is -0.494 e. The van der Waals surface area contributed by atoms with E-state index in [-0.39, 0.29) is 55.9 Å². The Morgan fingerprint density at radius 3 is 2.45 bits per heavy atom. The maximum Gasteiger partial charge on any atom is 0.511 e. The molecule has 0 aromatic heterocycles. The van der Waals surface area contributed by atoms with E-state index in [1.165, 1.54) is 0 Å². The van der Waals surface area contributed by atoms with Crippen molar-refractivity contribution < 1.29 is 26.3 Å². The molecule has 0 radical (unpaired) electrons. The molecule has 2 N–H and O–H groups in total. The summed E-state index contributed by atoms with van der Waals surface area (Å²) >= 11 is 0. The van der Waals surface area contributed by atoms with Gasteiger partial charge in [0.05, 0.1) is 6.61 Å². The number of piperidine rings is 1. The number of nitrogens with one attached hydrogen (secondary N) is 2. The Bertz CT molecular complexity index is 782. The second-order valence-electron chi connectivity index (χ2n) is 6.23. The van der Waals surface area contributed by atoms with Crippen molar-refractivity contribution in [2.45, 2.75) is 37.9 Å². The summed E-state index contributed by atoms with van der Waals surface area (Å²) in [6, 6.07) is 7.39. The number of aliphatic imine (C=N–C) groups is 1. The number of hydrogen-bond donors (Lipinski definition) is 2. The van der Waals surface area contributed by atoms with Crippen molar-refractivity contribution in [1.82, 2.24) is 14.9 Å². The number of rotatable bonds is 6. The van der Waals surface area contributed by atoms with Crippen molar-refractivity contribution in [2.24, 2.45) is 4.99 Å². The average Bonchev–Trinajstić information content (AvgIpc) is 2.66. The fraction of sp³-hybridized carbons (Fsp3) is 0.588. The summed E-state index contributed by atoms with van der Waals surface area (Å²) in [4.78, 5) is 4.12. The van der Waals surface area contributed by atoms with Gasteiger partial charge in [-0.05, 0) is 25.8 Å². The number of guanidine groups is 1. The maximum absolute atomic E-state index is 12.6. The molecule has 1 aromatic rings. The monoisotopic (exact) mass is 550 g/mol. The molecule has 0 saturated carbocycles. The molecular weight excluding hydrogens is 524 g/mol. The third kappa shape index (κ3) is 6.88. The minimum atomic E-state index is -5.27. The van der Waals surface area contributed by atoms with Gasteiger partial charge in [0, 0.05) is 38.3 Å². The highest BCUT2D eigenvalue weighted by molar-refractivity contribution is 14.0. The van der Waals surface area contributed by atoms with Gasteiger partial charge in [-0.15, -0.1) is 24.0 Å². The van der Waals surface area contributed by atoms with Crippen LogP contribution in [0.4, 0.5) is 13.2 Å². The fourth-order valence-corrected chi connectivity index (χ4v) is 3.88. The molecule has 0 bridgehead atoms. The van der Waals surface area contributed by atoms with E-state index in [0.717, 1.165) is 11.3 Å². The lowest BCUT2D eigenvalue weighted by molar-refractivity contribution is -0.0494. The van der Waals surface area contributed by atoms with Crippen LogP contribution in [0.2, 0.25) is 0 Å². The van der Waals surface area contributed by atoms with Gasteiger partial charge in [-0.25, -0.2) is 8.42 Å². The van der Waals surface area contributed by atoms with Gasteiger partial charge in [0.1, 0.15) is 5.75 Å². The van der Waals surface area contributed by atoms with Crippen molar-refractivity contribution in [3.63, 3.8) is 0 Å². The molecule has 166 valence electrons. The molecule has 1 saturated heterocycles. The topological polar surface area (TPSA) is 83.0 Å². The Kier molecular flexibility index (Phi) is 9.95. The normalized spacial score (nSPS) is 16.8. The molecule has 0 aliphatic carbocycles. The minimum absolute atomic E-state index is 0. The first-order valence-electron chi connectivity index (χ1n) is 8.93. The first-order valence-corrected chi connectivity index (χ1v) is 10.4. The molecule has 0 amide bonds. The first kappa shape index (κ1) is 25.8. The van der Waals surface area contributed by atoms with Crippen LogP contribution >= 0.6 is 24.0 Å². The number of nitrogens with zero attached hydrogens (tertiary/aromatic N) is 2. The highest BCUT2D eigenvalue weighted by Crippen LogP contribution is 2.29. The number of para-hydroxylation sites is 1. The lowest BCUT2D eigenvalue weighted by atomic mass is 10.1. The van der Waals surface area contributed by atoms with Crippen LogP contribution in [-0.4, -0.2) is 57.0 Å². The molecule has 2 rings (SSSR count). The van der Waals surface area contributed by atoms with Gasteiger partial charge in [-0.3, -0.25) is 4.99 Å². The van der Waals surface area contributed by atoms with Crippen molar-refractivity contribution in [2.75, 3.05) is 26.7 Å². The van der Waals surface area contributed by atoms with Crippen LogP contribution in [0.25, 0.3) is 0 Å². The predicted molar refractivity (Wildman–Crippen MR) is 116 cm³/mol. The second kappa shape index (κ2) is 11.2. The summed E-state index contributed by atoms with van der Waals surface area (Å²) in [5, 5.41) is 6.28. The molecule has 12 heteroatoms. The lowest BCUT2D eigenvalue weighted by Crippen LogP contribution is -2.51. The number of alkyl halides is 3. The van der Waals surface area contributed by atoms with Gasteiger partial charge >= 0.3 is 15.5 Å². The first-order chi connectivity index (χ1) is 13.2. The van der Waals surface area contributed by atoms with Crippen LogP contribution in [0.15, 0.2) is 29.3 Å². The van der Waals surface area contributed by atoms with Gasteiger partial charge in [0.2, 0.25) is 0 Å². The Balaban J connectivity index is 0.00000420. The van der Waals surface area contributed by atoms with Crippen LogP contribution in [0.1, 0.15) is 25.3 Å². The number of sulfonamides is 1. The third-order valence-corrected chi connectivity index (χ3v) is 6.00. The molecular formula is C17H26F3IN4O3S. The summed E-state index contributed by atoms with van der Waals surface area (Å²) in [5.74, 6) is 1.25. The average molecular weight is 550 g/mol. The number of benzene rings is 1. The summed E-state index contributed by atoms with van der Waals surface area (Å²) in [5.41, 5.74) is -4.32. The van der Waals surface area contributed by atoms with Crippen molar-refractivity contribution in [3.05, 3.63) is 29.8 Å². The van der Waals surface area contributed by atoms with E-state index in [1.54, 1.807) is 7.05 Å². The highest BCUT2D eigenvalue weighted by Gasteiger charge is 2.50. The van der Waals surface area contributed by atoms with Gasteiger partial charge in [-0.1, -0.05) is 18.2 Å². The predicted octanol–water partition coefficient (Wildman–Crippen LogP) is 2.68. The van der Waals surface area contributed by atoms with E-state index in [9.17, 15) is 21.6 Å². The van der Waals surface area contributed by atoms with E-state index in [0.29, 0.717) is 23.4 Å². The van der Waals surface area contributed by atoms with Gasteiger partial charge in [0.25, 0.3) is 0 Å². The Hall–Kier alpha value is -1.28. The van der Waals surface area contributed by atoms with Crippen LogP contribution in [0.3, 0.4) is 0 Å². The summed E-state index contributed by atoms with van der Waals surface area (Å²) in [6.07, 6.45) is 0.511. The van der Waals surface area contributed by atoms with Crippen LogP contribution in [0.5, 0.6) is 5.75 Å². The van der Waals surface area contributed by atoms with Crippen molar-refractivity contribution >= 4 is 40.0 Å². The molecule has 1 fully saturated rings. The number of halogens is 4. The van der Waals surface area contributed by atoms with Gasteiger partial charge in [0.15, 0.2) is 5.96 Å². The Morgan fingerprint density at radius 2 is 1.90 bits per heavy atom. The highest BCUT2D eigenvalue weighted by atomic mass is 127. The molecule has 1 aliphatic rings. The zero-order chi connectivity index (χ0) is 20.8. The van der Waals surface area contributed by atoms with E-state index in [1.807, 2.05) is 31.2 Å². The quantitative estimate of drug-likeness (QED) is 0.324. The van der Waals surface area contributed by atoms with E-state index in [2.05, 4.69) is 15.6 Å². The van der Waals surface area contributed by atoms with E-state index in [4.69, 9.17) is 4.74 Å². The smallest absolute Gasteiger partial charge is 0.494 e. The molecule has 29 heavy (non-hydrogen) atoms. The van der Waals surface area contributed by atoms with Gasteiger partial charge < -0.3 is 15.4 Å². The molecule has 1 aliphatic heterocycles. The molecule has 0 spiro atoms. The van der Waals surface area contributed by atoms with E-state index < -0.39 is 15.5 Å². The molecule has 0 atom stereocenters. The summed E-state index contributed by atoms with van der Waals surface area (Å²) in [7, 11) is -3.68.